The molecule has 6 aliphatic carbocycles. The molecule has 132 heavy (non-hydrogen) atoms. The van der Waals surface area contributed by atoms with Crippen molar-refractivity contribution in [1.29, 1.82) is 0 Å². The van der Waals surface area contributed by atoms with Gasteiger partial charge in [0.2, 0.25) is 0 Å². The second-order valence-corrected chi connectivity index (χ2v) is 218. The van der Waals surface area contributed by atoms with E-state index < -0.39 is 104 Å². The Morgan fingerprint density at radius 2 is 0.742 bits per heavy atom. The summed E-state index contributed by atoms with van der Waals surface area (Å²) in [6.45, 7) is 15.1. The van der Waals surface area contributed by atoms with Crippen LogP contribution in [0.15, 0.2) is 103 Å². The maximum absolute atomic E-state index is 13.7. The van der Waals surface area contributed by atoms with E-state index in [2.05, 4.69) is 223 Å². The van der Waals surface area contributed by atoms with Crippen molar-refractivity contribution >= 4 is 424 Å². The van der Waals surface area contributed by atoms with E-state index in [9.17, 15) is 58.8 Å². The molecule has 20 nitrogen and oxygen atoms in total. The first kappa shape index (κ1) is 135. The lowest BCUT2D eigenvalue weighted by atomic mass is 9.46. The molecule has 8 aliphatic rings. The molecule has 2 aromatic carbocycles. The van der Waals surface area contributed by atoms with Crippen LogP contribution in [0.25, 0.3) is 11.4 Å². The van der Waals surface area contributed by atoms with Gasteiger partial charge in [0, 0.05) is 28.1 Å². The van der Waals surface area contributed by atoms with Crippen LogP contribution in [0, 0.1) is 57.2 Å². The van der Waals surface area contributed by atoms with Gasteiger partial charge < -0.3 is 29.9 Å². The first-order valence-electron chi connectivity index (χ1n) is 39.5. The summed E-state index contributed by atoms with van der Waals surface area (Å²) in [5, 5.41) is 47.1. The number of halogens is 1. The minimum Gasteiger partial charge on any atom is -0.462 e. The van der Waals surface area contributed by atoms with E-state index >= 15 is 0 Å². The van der Waals surface area contributed by atoms with E-state index in [0.717, 1.165) is 28.2 Å². The molecular weight excluding hydrogens is 2660 g/mol. The number of carbonyl (C=O) groups excluding carboxylic acids is 4. The van der Waals surface area contributed by atoms with Gasteiger partial charge in [0.1, 0.15) is 35.6 Å². The lowest BCUT2D eigenvalue weighted by Gasteiger charge is -2.60. The van der Waals surface area contributed by atoms with Gasteiger partial charge in [-0.05, 0) is 269 Å². The molecule has 2 aliphatic heterocycles. The van der Waals surface area contributed by atoms with Crippen molar-refractivity contribution < 1.29 is 49.1 Å². The molecule has 6 saturated carbocycles. The molecule has 0 amide bonds. The Balaban J connectivity index is 0.000000279. The van der Waals surface area contributed by atoms with Gasteiger partial charge in [-0.3, -0.25) is 19.2 Å². The van der Waals surface area contributed by atoms with Gasteiger partial charge in [-0.15, -0.1) is 223 Å². The summed E-state index contributed by atoms with van der Waals surface area (Å²) in [6, 6.07) is 17.6. The number of aromatic nitrogens is 6. The smallest absolute Gasteiger partial charge is 0.352 e. The van der Waals surface area contributed by atoms with Gasteiger partial charge in [-0.25, -0.2) is 47.0 Å². The number of para-hydroxylation sites is 2. The zero-order chi connectivity index (χ0) is 96.8. The van der Waals surface area contributed by atoms with Crippen LogP contribution in [0.3, 0.4) is 0 Å². The molecule has 30 unspecified atom stereocenters. The number of aliphatic hydroxyl groups is 4. The summed E-state index contributed by atoms with van der Waals surface area (Å²) in [5.41, 5.74) is -6.80. The molecule has 750 valence electrons. The normalized spacial score (nSPS) is 29.5. The molecule has 4 heterocycles. The van der Waals surface area contributed by atoms with Crippen molar-refractivity contribution in [2.45, 2.75) is 190 Å². The second-order valence-electron chi connectivity index (χ2n) is 32.5. The first-order chi connectivity index (χ1) is 60.1. The standard InChI is InChI=1S/C31H39N3O7.C30H36IN3O7.3CH4.H26P24.H25P23/c1-5-25(36)41-24-15-22(19(3)30-13-11-18(2)29(24,4)31(30,40)26(37)23(35)16-30)20-12-14-32-27(38)34(28(39)33(32)17-20)21-9-7-6-8-10-21;1-17-9-11-29-14-22(35)25(37)30(29,40)28(17,3)23(41-24(36)15-31)13-21(18(29)2)19-10-12-32-26(38)34(27(39)33(32)16-19)20-7-5-4-6-8-20;;;;1-14(2)20(13)23(19(11)12)24(21(15(3)4)16(5)6)22(17(7)8)18(9)10;1-13-19(12)22(18(10)11)23(20(14(2)3)15(4)5)21(16(6)7)17(8)9/h6-10,12,18-19,22-24,35,40H,5,11,13-17H2,1-4H3;4-8,10,17-18,21-23,35,40H,9,11-16H2,1-3H3;3*1H4;1-13H2;13H,1-12H2/t18-,19+,22-,23+,24-,29+,30+,31-;17-,18+,21-,22+,23-,28+,29+,30-;;;;;/m11...../s1. The van der Waals surface area contributed by atoms with Gasteiger partial charge in [0.25, 0.3) is 0 Å². The third kappa shape index (κ3) is 28.2. The second kappa shape index (κ2) is 59.2. The Bertz CT molecular complexity index is 4590. The third-order valence-electron chi connectivity index (χ3n) is 26.4. The fourth-order valence-electron chi connectivity index (χ4n) is 20.1. The summed E-state index contributed by atoms with van der Waals surface area (Å²) in [5.74, 6) is -3.40. The average molecular weight is 2800 g/mol. The molecule has 68 heteroatoms. The number of aliphatic hydroxyl groups excluding tert-OH is 2. The SMILES string of the molecule is C.C.C.CCC(=O)O[C@@H]1C[C@@H](C2=CCn3c(=O)n(-c4ccccc4)c(=O)n3C2)[C@H](C)[C@@]23CC[C@@H](C)[C@]1(C)[C@]2(O)C(=O)[C@@H](O)C3.C[C@@H]1CC[C@@]23C[C@H](O)C(=O)[C@@]2(O)[C@]1(C)[C@H](OC(=O)CI)C[C@@H](C1=CCn2c(=O)n(-c4ccccc4)c(=O)n2C1)[C@@H]3C.PP(P)P(P)P(P(P)P)P(P(P(P)P)P(P)P)P(P(P)P)P(P)P.PPP(P)P(P(P)P)P(P(P(P)P)P(P)P)P(P(P)P)P(P)P. The van der Waals surface area contributed by atoms with Crippen LogP contribution in [0.5, 0.6) is 0 Å². The number of esters is 2. The predicted octanol–water partition coefficient (Wildman–Crippen LogP) is 33.2. The summed E-state index contributed by atoms with van der Waals surface area (Å²) in [6.07, 6.45) is 3.43. The Morgan fingerprint density at radius 3 is 1.02 bits per heavy atom. The fourth-order valence-corrected chi connectivity index (χ4v) is 591. The Morgan fingerprint density at radius 1 is 0.447 bits per heavy atom. The number of allylic oxidation sites excluding steroid dienone is 4. The molecule has 0 radical (unpaired) electrons. The lowest BCUT2D eigenvalue weighted by molar-refractivity contribution is -0.235. The van der Waals surface area contributed by atoms with E-state index in [1.165, 1.54) is 18.7 Å². The molecular formula is C64H138IN6O14P47. The van der Waals surface area contributed by atoms with Gasteiger partial charge in [-0.1, -0.05) is 150 Å². The number of ketones is 2. The zero-order valence-corrected chi connectivity index (χ0v) is 123. The van der Waals surface area contributed by atoms with Crippen LogP contribution in [0.2, 0.25) is 0 Å². The maximum atomic E-state index is 13.7. The van der Waals surface area contributed by atoms with Gasteiger partial charge in [0.15, 0.2) is 11.6 Å². The zero-order valence-electron chi connectivity index (χ0n) is 71.9. The summed E-state index contributed by atoms with van der Waals surface area (Å²) < 4.78 is 20.4. The quantitative estimate of drug-likeness (QED) is 0.0135. The van der Waals surface area contributed by atoms with Crippen molar-refractivity contribution in [2.24, 2.45) is 57.2 Å². The number of alkyl halides is 1. The molecule has 4 N–H and O–H groups in total. The highest BCUT2D eigenvalue weighted by Crippen LogP contribution is 3.35. The summed E-state index contributed by atoms with van der Waals surface area (Å²) in [7, 11) is 81.2. The average Bonchev–Trinajstić information content (AvgIpc) is 1.50. The van der Waals surface area contributed by atoms with Gasteiger partial charge >= 0.3 is 34.7 Å². The molecule has 0 saturated heterocycles. The lowest BCUT2D eigenvalue weighted by Crippen LogP contribution is -2.69. The van der Waals surface area contributed by atoms with Crippen molar-refractivity contribution in [3.63, 3.8) is 0 Å². The van der Waals surface area contributed by atoms with Gasteiger partial charge in [0.05, 0.1) is 42.0 Å². The number of rotatable bonds is 28. The van der Waals surface area contributed by atoms with Crippen LogP contribution in [-0.4, -0.2) is 112 Å². The van der Waals surface area contributed by atoms with Crippen molar-refractivity contribution in [2.75, 3.05) is 4.43 Å². The number of hydrogen-bond donors (Lipinski definition) is 4. The number of fused-ring (bicyclic) bond motifs is 2. The topological polar surface area (TPSA) is 266 Å². The Labute approximate surface area is 880 Å². The molecule has 2 aromatic heterocycles. The summed E-state index contributed by atoms with van der Waals surface area (Å²) >= 11 is 1.95. The van der Waals surface area contributed by atoms with Crippen LogP contribution in [0.4, 0.5) is 0 Å². The van der Waals surface area contributed by atoms with Crippen LogP contribution in [0.1, 0.15) is 129 Å². The predicted molar refractivity (Wildman–Crippen MR) is 724 cm³/mol. The largest absolute Gasteiger partial charge is 0.462 e. The highest BCUT2D eigenvalue weighted by Gasteiger charge is 2.80. The Kier molecular flexibility index (Phi) is 60.6. The van der Waals surface area contributed by atoms with E-state index in [4.69, 9.17) is 9.47 Å². The molecule has 12 rings (SSSR count). The van der Waals surface area contributed by atoms with Crippen LogP contribution in [-0.2, 0) is 54.8 Å². The van der Waals surface area contributed by atoms with Crippen LogP contribution >= 0.6 is 400 Å². The van der Waals surface area contributed by atoms with E-state index in [1.54, 1.807) is 55.5 Å². The number of carbonyl (C=O) groups is 4. The first-order valence-corrected chi connectivity index (χ1v) is 125. The van der Waals surface area contributed by atoms with Crippen LogP contribution < -0.4 is 22.8 Å². The van der Waals surface area contributed by atoms with Gasteiger partial charge in [-0.2, -0.15) is 0 Å². The van der Waals surface area contributed by atoms with Crippen molar-refractivity contribution in [3.05, 3.63) is 126 Å². The van der Waals surface area contributed by atoms with E-state index in [0.29, 0.717) is 49.9 Å². The van der Waals surface area contributed by atoms with Crippen molar-refractivity contribution in [1.82, 2.24) is 27.9 Å². The van der Waals surface area contributed by atoms with E-state index in [1.807, 2.05) is 88.4 Å². The number of benzene rings is 2. The highest BCUT2D eigenvalue weighted by molar-refractivity contribution is 14.1. The monoisotopic (exact) mass is 2800 g/mol. The minimum absolute atomic E-state index is 0. The molecule has 6 fully saturated rings. The number of nitrogens with zero attached hydrogens (tertiary/aromatic N) is 6. The minimum atomic E-state index is -1.88. The van der Waals surface area contributed by atoms with Crippen molar-refractivity contribution in [3.8, 4) is 11.4 Å². The number of Topliss-reactive ketones (excluding diaryl/α,β-unsaturated/α-hetero) is 2. The molecule has 46 atom stereocenters. The molecule has 4 bridgehead atoms. The fraction of sp³-hybridized carbons (Fsp3) is 0.625. The Hall–Kier alpha value is 14.5. The highest BCUT2D eigenvalue weighted by atomic mass is 127. The number of ether oxygens (including phenoxy) is 2. The third-order valence-corrected chi connectivity index (χ3v) is 329. The summed E-state index contributed by atoms with van der Waals surface area (Å²) in [4.78, 5) is 107. The maximum Gasteiger partial charge on any atom is 0.352 e. The molecule has 0 spiro atoms. The van der Waals surface area contributed by atoms with E-state index in [-0.39, 0.29) is 254 Å². The molecule has 4 aromatic rings. The number of hydrogen-bond acceptors (Lipinski definition) is 14.